The lowest BCUT2D eigenvalue weighted by Crippen LogP contribution is -2.26. The van der Waals surface area contributed by atoms with Gasteiger partial charge in [0.2, 0.25) is 0 Å². The van der Waals surface area contributed by atoms with Crippen LogP contribution in [0, 0.1) is 11.3 Å². The molecule has 0 aliphatic heterocycles. The van der Waals surface area contributed by atoms with Crippen molar-refractivity contribution in [2.45, 2.75) is 13.0 Å². The Morgan fingerprint density at radius 2 is 2.00 bits per heavy atom. The molecular weight excluding hydrogens is 430 g/mol. The number of nitrogens with one attached hydrogen (secondary N) is 1. The van der Waals surface area contributed by atoms with Gasteiger partial charge in [0.15, 0.2) is 0 Å². The first-order valence-corrected chi connectivity index (χ1v) is 10.1. The van der Waals surface area contributed by atoms with Gasteiger partial charge in [-0.2, -0.15) is 5.26 Å². The van der Waals surface area contributed by atoms with Crippen LogP contribution in [0.15, 0.2) is 64.8 Å². The molecule has 0 unspecified atom stereocenters. The van der Waals surface area contributed by atoms with Crippen molar-refractivity contribution in [2.24, 2.45) is 0 Å². The number of nitrogens with zero attached hydrogens (tertiary/aromatic N) is 2. The predicted molar refractivity (Wildman–Crippen MR) is 118 cm³/mol. The number of methoxy groups -OCH3 is 1. The number of halogens is 1. The Labute approximate surface area is 178 Å². The second-order valence-electron chi connectivity index (χ2n) is 6.63. The minimum atomic E-state index is -0.367. The molecule has 2 aromatic carbocycles. The highest BCUT2D eigenvalue weighted by atomic mass is 79.9. The van der Waals surface area contributed by atoms with Gasteiger partial charge in [-0.05, 0) is 36.3 Å². The highest BCUT2D eigenvalue weighted by molar-refractivity contribution is 9.10. The van der Waals surface area contributed by atoms with Crippen LogP contribution in [0.5, 0.6) is 0 Å². The molecule has 148 valence electrons. The van der Waals surface area contributed by atoms with Crippen LogP contribution in [0.3, 0.4) is 0 Å². The fourth-order valence-corrected chi connectivity index (χ4v) is 3.39. The first-order chi connectivity index (χ1) is 14.1. The van der Waals surface area contributed by atoms with Crippen LogP contribution >= 0.6 is 15.9 Å². The summed E-state index contributed by atoms with van der Waals surface area (Å²) in [6.45, 7) is 1.74. The third-order valence-electron chi connectivity index (χ3n) is 4.56. The standard InChI is InChI=1S/C23H22BrN3O2/c1-29-12-4-11-26-23(28)18(14-25)13-19-16-27(22-6-3-2-5-21(19)22)15-17-7-9-20(24)10-8-17/h2-3,5-10,13,16H,4,11-12,15H2,1H3,(H,26,28)/b18-13+. The monoisotopic (exact) mass is 451 g/mol. The zero-order valence-electron chi connectivity index (χ0n) is 16.2. The lowest BCUT2D eigenvalue weighted by Gasteiger charge is -2.05. The molecule has 3 aromatic rings. The van der Waals surface area contributed by atoms with Crippen LogP contribution in [0.2, 0.25) is 0 Å². The highest BCUT2D eigenvalue weighted by Gasteiger charge is 2.12. The van der Waals surface area contributed by atoms with Crippen molar-refractivity contribution >= 4 is 38.8 Å². The summed E-state index contributed by atoms with van der Waals surface area (Å²) in [4.78, 5) is 12.4. The molecule has 1 N–H and O–H groups in total. The van der Waals surface area contributed by atoms with E-state index in [0.717, 1.165) is 20.9 Å². The van der Waals surface area contributed by atoms with Crippen molar-refractivity contribution in [1.29, 1.82) is 5.26 Å². The van der Waals surface area contributed by atoms with E-state index in [1.807, 2.05) is 48.7 Å². The minimum Gasteiger partial charge on any atom is -0.385 e. The van der Waals surface area contributed by atoms with Gasteiger partial charge in [-0.15, -0.1) is 0 Å². The summed E-state index contributed by atoms with van der Waals surface area (Å²) < 4.78 is 8.15. The number of ether oxygens (including phenoxy) is 1. The van der Waals surface area contributed by atoms with E-state index in [2.05, 4.69) is 37.9 Å². The summed E-state index contributed by atoms with van der Waals surface area (Å²) in [5.74, 6) is -0.367. The highest BCUT2D eigenvalue weighted by Crippen LogP contribution is 2.25. The normalized spacial score (nSPS) is 11.4. The molecule has 0 radical (unpaired) electrons. The van der Waals surface area contributed by atoms with Crippen LogP contribution < -0.4 is 5.32 Å². The van der Waals surface area contributed by atoms with E-state index >= 15 is 0 Å². The molecule has 0 bridgehead atoms. The number of aromatic nitrogens is 1. The molecule has 6 heteroatoms. The summed E-state index contributed by atoms with van der Waals surface area (Å²) in [7, 11) is 1.62. The Balaban J connectivity index is 1.88. The molecule has 0 atom stereocenters. The van der Waals surface area contributed by atoms with Crippen LogP contribution in [-0.4, -0.2) is 30.7 Å². The largest absolute Gasteiger partial charge is 0.385 e. The molecular formula is C23H22BrN3O2. The molecule has 0 fully saturated rings. The fraction of sp³-hybridized carbons (Fsp3) is 0.217. The van der Waals surface area contributed by atoms with E-state index in [1.165, 1.54) is 5.56 Å². The van der Waals surface area contributed by atoms with Gasteiger partial charge in [0, 0.05) is 53.9 Å². The van der Waals surface area contributed by atoms with Crippen molar-refractivity contribution in [3.63, 3.8) is 0 Å². The van der Waals surface area contributed by atoms with Crippen LogP contribution in [0.25, 0.3) is 17.0 Å². The molecule has 1 aromatic heterocycles. The molecule has 0 saturated heterocycles. The van der Waals surface area contributed by atoms with Crippen LogP contribution in [0.4, 0.5) is 0 Å². The summed E-state index contributed by atoms with van der Waals surface area (Å²) in [6, 6.07) is 18.2. The molecule has 3 rings (SSSR count). The second-order valence-corrected chi connectivity index (χ2v) is 7.54. The summed E-state index contributed by atoms with van der Waals surface area (Å²) in [6.07, 6.45) is 4.35. The van der Waals surface area contributed by atoms with Gasteiger partial charge in [0.05, 0.1) is 0 Å². The third kappa shape index (κ3) is 5.35. The molecule has 0 aliphatic carbocycles. The molecule has 1 heterocycles. The van der Waals surface area contributed by atoms with Crippen molar-refractivity contribution in [3.8, 4) is 6.07 Å². The Kier molecular flexibility index (Phi) is 7.23. The molecule has 0 spiro atoms. The number of nitriles is 1. The van der Waals surface area contributed by atoms with E-state index in [9.17, 15) is 10.1 Å². The lowest BCUT2D eigenvalue weighted by atomic mass is 10.1. The van der Waals surface area contributed by atoms with E-state index in [-0.39, 0.29) is 11.5 Å². The summed E-state index contributed by atoms with van der Waals surface area (Å²) in [5, 5.41) is 13.3. The number of benzene rings is 2. The van der Waals surface area contributed by atoms with Crippen molar-refractivity contribution < 1.29 is 9.53 Å². The van der Waals surface area contributed by atoms with Gasteiger partial charge in [-0.25, -0.2) is 0 Å². The number of fused-ring (bicyclic) bond motifs is 1. The second kappa shape index (κ2) is 10.1. The Hall–Kier alpha value is -2.88. The predicted octanol–water partition coefficient (Wildman–Crippen LogP) is 4.51. The number of hydrogen-bond donors (Lipinski definition) is 1. The van der Waals surface area contributed by atoms with Gasteiger partial charge in [-0.1, -0.05) is 46.3 Å². The molecule has 29 heavy (non-hydrogen) atoms. The Bertz CT molecular complexity index is 1060. The van der Waals surface area contributed by atoms with Crippen LogP contribution in [0.1, 0.15) is 17.5 Å². The van der Waals surface area contributed by atoms with Crippen LogP contribution in [-0.2, 0) is 16.1 Å². The molecule has 0 saturated carbocycles. The first-order valence-electron chi connectivity index (χ1n) is 9.33. The van der Waals surface area contributed by atoms with E-state index < -0.39 is 0 Å². The maximum atomic E-state index is 12.4. The zero-order chi connectivity index (χ0) is 20.6. The van der Waals surface area contributed by atoms with E-state index in [4.69, 9.17) is 4.74 Å². The molecule has 5 nitrogen and oxygen atoms in total. The van der Waals surface area contributed by atoms with Gasteiger partial charge in [-0.3, -0.25) is 4.79 Å². The fourth-order valence-electron chi connectivity index (χ4n) is 3.13. The molecule has 0 aliphatic rings. The Morgan fingerprint density at radius 1 is 1.24 bits per heavy atom. The van der Waals surface area contributed by atoms with Crippen molar-refractivity contribution in [2.75, 3.05) is 20.3 Å². The topological polar surface area (TPSA) is 67.0 Å². The number of carbonyl (C=O) groups is 1. The Morgan fingerprint density at radius 3 is 2.72 bits per heavy atom. The quantitative estimate of drug-likeness (QED) is 0.311. The number of rotatable bonds is 8. The number of amides is 1. The lowest BCUT2D eigenvalue weighted by molar-refractivity contribution is -0.117. The van der Waals surface area contributed by atoms with E-state index in [0.29, 0.717) is 26.1 Å². The first kappa shape index (κ1) is 20.8. The summed E-state index contributed by atoms with van der Waals surface area (Å²) in [5.41, 5.74) is 3.16. The maximum absolute atomic E-state index is 12.4. The van der Waals surface area contributed by atoms with Gasteiger partial charge >= 0.3 is 0 Å². The van der Waals surface area contributed by atoms with Crippen molar-refractivity contribution in [3.05, 3.63) is 75.9 Å². The third-order valence-corrected chi connectivity index (χ3v) is 5.09. The number of hydrogen-bond acceptors (Lipinski definition) is 3. The average Bonchev–Trinajstić information content (AvgIpc) is 3.08. The van der Waals surface area contributed by atoms with Gasteiger partial charge < -0.3 is 14.6 Å². The minimum absolute atomic E-state index is 0.0916. The zero-order valence-corrected chi connectivity index (χ0v) is 17.8. The van der Waals surface area contributed by atoms with Crippen molar-refractivity contribution in [1.82, 2.24) is 9.88 Å². The smallest absolute Gasteiger partial charge is 0.261 e. The van der Waals surface area contributed by atoms with Gasteiger partial charge in [0.1, 0.15) is 11.6 Å². The number of para-hydroxylation sites is 1. The summed E-state index contributed by atoms with van der Waals surface area (Å²) >= 11 is 3.46. The average molecular weight is 452 g/mol. The molecule has 1 amide bonds. The van der Waals surface area contributed by atoms with E-state index in [1.54, 1.807) is 13.2 Å². The number of carbonyl (C=O) groups excluding carboxylic acids is 1. The van der Waals surface area contributed by atoms with Gasteiger partial charge in [0.25, 0.3) is 5.91 Å². The maximum Gasteiger partial charge on any atom is 0.261 e. The SMILES string of the molecule is COCCCNC(=O)/C(C#N)=C/c1cn(Cc2ccc(Br)cc2)c2ccccc12.